The number of nitrogens with one attached hydrogen (secondary N) is 2. The first kappa shape index (κ1) is 19.3. The predicted molar refractivity (Wildman–Crippen MR) is 117 cm³/mol. The van der Waals surface area contributed by atoms with Crippen molar-refractivity contribution in [1.82, 2.24) is 20.5 Å². The van der Waals surface area contributed by atoms with E-state index in [2.05, 4.69) is 40.6 Å². The topological polar surface area (TPSA) is 79.9 Å². The first-order valence-corrected chi connectivity index (χ1v) is 11.3. The summed E-state index contributed by atoms with van der Waals surface area (Å²) in [5.41, 5.74) is 4.10. The molecule has 30 heavy (non-hydrogen) atoms. The molecule has 3 aromatic rings. The summed E-state index contributed by atoms with van der Waals surface area (Å²) < 4.78 is 6.06. The number of hydrogen-bond donors (Lipinski definition) is 2. The number of hydrogen-bond acceptors (Lipinski definition) is 5. The van der Waals surface area contributed by atoms with E-state index in [0.717, 1.165) is 58.3 Å². The van der Waals surface area contributed by atoms with Crippen LogP contribution in [0.5, 0.6) is 5.75 Å². The number of carbonyl (C=O) groups is 1. The van der Waals surface area contributed by atoms with E-state index < -0.39 is 0 Å². The van der Waals surface area contributed by atoms with Crippen molar-refractivity contribution in [1.29, 1.82) is 0 Å². The third kappa shape index (κ3) is 3.41. The Balaban J connectivity index is 1.52. The number of amides is 1. The minimum Gasteiger partial charge on any atom is -0.493 e. The van der Waals surface area contributed by atoms with Crippen LogP contribution < -0.4 is 10.1 Å². The van der Waals surface area contributed by atoms with E-state index in [1.54, 1.807) is 11.3 Å². The van der Waals surface area contributed by atoms with Gasteiger partial charge in [-0.1, -0.05) is 13.0 Å². The molecule has 2 unspecified atom stereocenters. The molecule has 0 saturated carbocycles. The van der Waals surface area contributed by atoms with Crippen molar-refractivity contribution >= 4 is 17.2 Å². The molecule has 5 rings (SSSR count). The maximum Gasteiger partial charge on any atom is 0.263 e. The van der Waals surface area contributed by atoms with E-state index in [4.69, 9.17) is 9.72 Å². The molecule has 4 heterocycles. The summed E-state index contributed by atoms with van der Waals surface area (Å²) in [5.74, 6) is 1.45. The van der Waals surface area contributed by atoms with E-state index in [-0.39, 0.29) is 23.3 Å². The highest BCUT2D eigenvalue weighted by Gasteiger charge is 2.35. The lowest BCUT2D eigenvalue weighted by atomic mass is 9.83. The summed E-state index contributed by atoms with van der Waals surface area (Å²) in [6.07, 6.45) is 6.56. The number of H-pyrrole nitrogens is 1. The van der Waals surface area contributed by atoms with Crippen LogP contribution in [0.1, 0.15) is 71.4 Å². The molecule has 1 amide bonds. The standard InChI is InChI=1S/C23H26N4O2S/c1-13(22-26-18-10-23(2,3)27-21(28)20(18)30-22)16-5-4-8-29-19-7-6-14(9-17(16)19)15-11-24-25-12-15/h6-7,9,11-13,16H,4-5,8,10H2,1-3H3,(H,24,25)(H,27,28). The third-order valence-corrected chi connectivity index (χ3v) is 7.43. The molecule has 2 N–H and O–H groups in total. The number of aromatic amines is 1. The van der Waals surface area contributed by atoms with Gasteiger partial charge < -0.3 is 10.1 Å². The second-order valence-electron chi connectivity index (χ2n) is 8.97. The monoisotopic (exact) mass is 422 g/mol. The van der Waals surface area contributed by atoms with Gasteiger partial charge in [0.15, 0.2) is 0 Å². The summed E-state index contributed by atoms with van der Waals surface area (Å²) >= 11 is 1.55. The minimum absolute atomic E-state index is 0.00374. The molecule has 0 bridgehead atoms. The quantitative estimate of drug-likeness (QED) is 0.643. The molecule has 2 aromatic heterocycles. The first-order valence-electron chi connectivity index (χ1n) is 10.5. The summed E-state index contributed by atoms with van der Waals surface area (Å²) in [7, 11) is 0. The number of carbonyl (C=O) groups excluding carboxylic acids is 1. The fourth-order valence-corrected chi connectivity index (χ4v) is 5.67. The van der Waals surface area contributed by atoms with Gasteiger partial charge in [-0.2, -0.15) is 5.10 Å². The smallest absolute Gasteiger partial charge is 0.263 e. The second kappa shape index (κ2) is 7.23. The van der Waals surface area contributed by atoms with Crippen molar-refractivity contribution in [2.24, 2.45) is 0 Å². The number of fused-ring (bicyclic) bond motifs is 2. The Bertz CT molecular complexity index is 1090. The maximum atomic E-state index is 12.6. The molecular weight excluding hydrogens is 396 g/mol. The van der Waals surface area contributed by atoms with E-state index in [1.807, 2.05) is 26.2 Å². The fourth-order valence-electron chi connectivity index (χ4n) is 4.58. The van der Waals surface area contributed by atoms with Gasteiger partial charge in [0.1, 0.15) is 10.6 Å². The molecule has 2 atom stereocenters. The largest absolute Gasteiger partial charge is 0.493 e. The van der Waals surface area contributed by atoms with Gasteiger partial charge in [-0.15, -0.1) is 11.3 Å². The van der Waals surface area contributed by atoms with Crippen molar-refractivity contribution in [2.75, 3.05) is 6.61 Å². The Hall–Kier alpha value is -2.67. The van der Waals surface area contributed by atoms with E-state index >= 15 is 0 Å². The van der Waals surface area contributed by atoms with Crippen molar-refractivity contribution in [3.8, 4) is 16.9 Å². The lowest BCUT2D eigenvalue weighted by Crippen LogP contribution is -2.48. The molecule has 6 nitrogen and oxygen atoms in total. The molecule has 7 heteroatoms. The Morgan fingerprint density at radius 3 is 2.97 bits per heavy atom. The number of ether oxygens (including phenoxy) is 1. The molecule has 0 radical (unpaired) electrons. The Kier molecular flexibility index (Phi) is 4.65. The fraction of sp³-hybridized carbons (Fsp3) is 0.435. The third-order valence-electron chi connectivity index (χ3n) is 6.13. The number of benzene rings is 1. The van der Waals surface area contributed by atoms with Crippen molar-refractivity contribution in [3.05, 3.63) is 51.7 Å². The lowest BCUT2D eigenvalue weighted by Gasteiger charge is -2.29. The number of nitrogens with zero attached hydrogens (tertiary/aromatic N) is 2. The van der Waals surface area contributed by atoms with E-state index in [1.165, 1.54) is 5.56 Å². The van der Waals surface area contributed by atoms with E-state index in [0.29, 0.717) is 0 Å². The van der Waals surface area contributed by atoms with Gasteiger partial charge in [0.25, 0.3) is 5.91 Å². The summed E-state index contributed by atoms with van der Waals surface area (Å²) in [5, 5.41) is 11.1. The highest BCUT2D eigenvalue weighted by Crippen LogP contribution is 2.45. The predicted octanol–water partition coefficient (Wildman–Crippen LogP) is 4.66. The van der Waals surface area contributed by atoms with Crippen LogP contribution in [0.3, 0.4) is 0 Å². The minimum atomic E-state index is -0.249. The number of rotatable bonds is 3. The molecule has 2 aliphatic rings. The van der Waals surface area contributed by atoms with Crippen molar-refractivity contribution in [2.45, 2.75) is 57.4 Å². The lowest BCUT2D eigenvalue weighted by molar-refractivity contribution is 0.0901. The van der Waals surface area contributed by atoms with Gasteiger partial charge in [0, 0.05) is 29.6 Å². The molecule has 2 aliphatic heterocycles. The maximum absolute atomic E-state index is 12.6. The Morgan fingerprint density at radius 1 is 1.30 bits per heavy atom. The number of thiazole rings is 1. The van der Waals surface area contributed by atoms with Gasteiger partial charge in [-0.05, 0) is 55.9 Å². The average molecular weight is 423 g/mol. The van der Waals surface area contributed by atoms with Crippen LogP contribution >= 0.6 is 11.3 Å². The van der Waals surface area contributed by atoms with Crippen LogP contribution in [-0.2, 0) is 6.42 Å². The zero-order valence-corrected chi connectivity index (χ0v) is 18.3. The summed E-state index contributed by atoms with van der Waals surface area (Å²) in [4.78, 5) is 18.3. The average Bonchev–Trinajstić information content (AvgIpc) is 3.33. The highest BCUT2D eigenvalue weighted by atomic mass is 32.1. The normalized spacial score (nSPS) is 21.0. The Labute approximate surface area is 180 Å². The van der Waals surface area contributed by atoms with Crippen LogP contribution in [0.15, 0.2) is 30.6 Å². The number of aromatic nitrogens is 3. The molecule has 156 valence electrons. The summed E-state index contributed by atoms with van der Waals surface area (Å²) in [6.45, 7) is 7.06. The van der Waals surface area contributed by atoms with E-state index in [9.17, 15) is 4.79 Å². The van der Waals surface area contributed by atoms with Crippen molar-refractivity contribution < 1.29 is 9.53 Å². The highest BCUT2D eigenvalue weighted by molar-refractivity contribution is 7.14. The van der Waals surface area contributed by atoms with Crippen LogP contribution in [0.2, 0.25) is 0 Å². The Morgan fingerprint density at radius 2 is 2.17 bits per heavy atom. The molecule has 0 spiro atoms. The van der Waals surface area contributed by atoms with Gasteiger partial charge in [0.05, 0.1) is 23.5 Å². The van der Waals surface area contributed by atoms with Gasteiger partial charge in [-0.3, -0.25) is 9.89 Å². The van der Waals surface area contributed by atoms with Crippen molar-refractivity contribution in [3.63, 3.8) is 0 Å². The molecule has 0 fully saturated rings. The van der Waals surface area contributed by atoms with Gasteiger partial charge >= 0.3 is 0 Å². The molecule has 0 saturated heterocycles. The molecule has 1 aromatic carbocycles. The molecule has 0 aliphatic carbocycles. The van der Waals surface area contributed by atoms with Crippen LogP contribution in [0.4, 0.5) is 0 Å². The first-order chi connectivity index (χ1) is 14.4. The zero-order chi connectivity index (χ0) is 20.9. The molecular formula is C23H26N4O2S. The summed E-state index contributed by atoms with van der Waals surface area (Å²) in [6, 6.07) is 6.40. The van der Waals surface area contributed by atoms with Gasteiger partial charge in [0.2, 0.25) is 0 Å². The SMILES string of the molecule is CC(c1nc2c(s1)C(=O)NC(C)(C)C2)C1CCCOc2ccc(-c3cn[nH]c3)cc21. The second-order valence-corrected chi connectivity index (χ2v) is 10.00. The van der Waals surface area contributed by atoms with Gasteiger partial charge in [-0.25, -0.2) is 4.98 Å². The zero-order valence-electron chi connectivity index (χ0n) is 17.5. The van der Waals surface area contributed by atoms with Crippen LogP contribution in [0.25, 0.3) is 11.1 Å². The van der Waals surface area contributed by atoms with Crippen LogP contribution in [0, 0.1) is 0 Å². The van der Waals surface area contributed by atoms with Crippen LogP contribution in [-0.4, -0.2) is 33.2 Å².